The number of fused-ring (bicyclic) bond motifs is 5. The Labute approximate surface area is 297 Å². The fourth-order valence-electron chi connectivity index (χ4n) is 9.22. The fraction of sp³-hybridized carbons (Fsp3) is 0.475. The molecule has 4 fully saturated rings. The summed E-state index contributed by atoms with van der Waals surface area (Å²) in [4.78, 5) is 23.3. The smallest absolute Gasteiger partial charge is 0.409 e. The van der Waals surface area contributed by atoms with E-state index in [2.05, 4.69) is 21.2 Å². The van der Waals surface area contributed by atoms with Gasteiger partial charge in [0.25, 0.3) is 0 Å². The van der Waals surface area contributed by atoms with Crippen molar-refractivity contribution in [3.05, 3.63) is 59.4 Å². The molecular weight excluding hydrogens is 647 g/mol. The Balaban J connectivity index is 1.21. The van der Waals surface area contributed by atoms with Gasteiger partial charge < -0.3 is 29.7 Å². The van der Waals surface area contributed by atoms with Gasteiger partial charge in [-0.3, -0.25) is 4.90 Å². The topological polar surface area (TPSA) is 114 Å². The predicted octanol–water partition coefficient (Wildman–Crippen LogP) is 6.35. The van der Waals surface area contributed by atoms with Gasteiger partial charge in [-0.05, 0) is 91.6 Å². The highest BCUT2D eigenvalue weighted by molar-refractivity contribution is 6.05. The third-order valence-electron chi connectivity index (χ3n) is 11.7. The zero-order chi connectivity index (χ0) is 35.4. The first-order valence-electron chi connectivity index (χ1n) is 18.2. The van der Waals surface area contributed by atoms with Crippen molar-refractivity contribution >= 4 is 33.5 Å². The van der Waals surface area contributed by atoms with Crippen LogP contribution in [-0.2, 0) is 11.2 Å². The average molecular weight is 693 g/mol. The number of halogens is 1. The second-order valence-corrected chi connectivity index (χ2v) is 15.0. The maximum atomic E-state index is 17.4. The minimum atomic E-state index is -0.530. The van der Waals surface area contributed by atoms with E-state index in [1.54, 1.807) is 38.4 Å². The molecule has 51 heavy (non-hydrogen) atoms. The largest absolute Gasteiger partial charge is 0.508 e. The third kappa shape index (κ3) is 5.88. The van der Waals surface area contributed by atoms with Crippen molar-refractivity contribution < 1.29 is 23.8 Å². The lowest BCUT2D eigenvalue weighted by Crippen LogP contribution is -2.51. The summed E-state index contributed by atoms with van der Waals surface area (Å²) < 4.78 is 29.6. The number of rotatable bonds is 8. The molecule has 2 bridgehead atoms. The maximum Gasteiger partial charge on any atom is 0.409 e. The van der Waals surface area contributed by atoms with Crippen molar-refractivity contribution in [1.29, 1.82) is 5.26 Å². The van der Waals surface area contributed by atoms with Gasteiger partial charge in [-0.1, -0.05) is 25.1 Å². The van der Waals surface area contributed by atoms with Crippen LogP contribution in [0.2, 0.25) is 0 Å². The maximum absolute atomic E-state index is 17.4. The predicted molar refractivity (Wildman–Crippen MR) is 195 cm³/mol. The Morgan fingerprint density at radius 3 is 2.69 bits per heavy atom. The van der Waals surface area contributed by atoms with Gasteiger partial charge in [0.15, 0.2) is 0 Å². The molecule has 5 heterocycles. The van der Waals surface area contributed by atoms with Gasteiger partial charge in [-0.15, -0.1) is 0 Å². The van der Waals surface area contributed by atoms with E-state index in [0.717, 1.165) is 74.5 Å². The van der Waals surface area contributed by atoms with Crippen LogP contribution < -0.4 is 15.0 Å². The van der Waals surface area contributed by atoms with Crippen LogP contribution >= 0.6 is 0 Å². The standard InChI is InChI=1S/C40H45FN6O4/c1-4-24-7-5-8-25-15-30(48)17-33(35(24)25)36-26(19-42)16-32-31(37(36)41)18-34(44-38(32)46-20-27-9-10-28(21-46)43-27)51-23-40-12-6-14-47(40)29(11-13-40)22-50-39(49)45(2)3/h5,7-8,15-18,27-29,43,48H,4,6,9-14,20-23H2,1-3H3/t27?,28?,29-,40-/m1/s1. The van der Waals surface area contributed by atoms with Crippen LogP contribution in [0.25, 0.3) is 32.7 Å². The fourth-order valence-corrected chi connectivity index (χ4v) is 9.22. The Hall–Kier alpha value is -4.66. The number of amides is 1. The number of hydrogen-bond donors (Lipinski definition) is 2. The van der Waals surface area contributed by atoms with Crippen molar-refractivity contribution in [2.45, 2.75) is 75.5 Å². The Morgan fingerprint density at radius 2 is 1.94 bits per heavy atom. The summed E-state index contributed by atoms with van der Waals surface area (Å²) in [5.41, 5.74) is 1.65. The summed E-state index contributed by atoms with van der Waals surface area (Å²) in [6, 6.07) is 15.6. The minimum Gasteiger partial charge on any atom is -0.508 e. The quantitative estimate of drug-likeness (QED) is 0.218. The first-order chi connectivity index (χ1) is 24.7. The molecule has 4 atom stereocenters. The van der Waals surface area contributed by atoms with E-state index in [1.165, 1.54) is 4.90 Å². The number of nitrogens with one attached hydrogen (secondary N) is 1. The number of carbonyl (C=O) groups is 1. The van der Waals surface area contributed by atoms with E-state index in [4.69, 9.17) is 14.5 Å². The second-order valence-electron chi connectivity index (χ2n) is 15.0. The highest BCUT2D eigenvalue weighted by Crippen LogP contribution is 2.45. The lowest BCUT2D eigenvalue weighted by Gasteiger charge is -2.36. The molecule has 4 saturated heterocycles. The molecule has 3 aromatic carbocycles. The van der Waals surface area contributed by atoms with Gasteiger partial charge in [0.2, 0.25) is 5.88 Å². The number of benzene rings is 3. The summed E-state index contributed by atoms with van der Waals surface area (Å²) in [6.45, 7) is 5.13. The Kier molecular flexibility index (Phi) is 8.63. The lowest BCUT2D eigenvalue weighted by atomic mass is 9.89. The molecular formula is C40H45FN6O4. The molecule has 266 valence electrons. The summed E-state index contributed by atoms with van der Waals surface area (Å²) in [5, 5.41) is 27.5. The van der Waals surface area contributed by atoms with Crippen LogP contribution in [0.5, 0.6) is 11.6 Å². The number of nitriles is 1. The van der Waals surface area contributed by atoms with Gasteiger partial charge >= 0.3 is 6.09 Å². The number of hydrogen-bond acceptors (Lipinski definition) is 9. The molecule has 2 N–H and O–H groups in total. The van der Waals surface area contributed by atoms with Crippen LogP contribution in [-0.4, -0.2) is 96.6 Å². The number of anilines is 1. The number of aromatic hydroxyl groups is 1. The molecule has 0 spiro atoms. The first-order valence-corrected chi connectivity index (χ1v) is 18.2. The number of pyridine rings is 1. The molecule has 0 aliphatic carbocycles. The van der Waals surface area contributed by atoms with Gasteiger partial charge in [-0.25, -0.2) is 9.18 Å². The molecule has 4 aliphatic heterocycles. The van der Waals surface area contributed by atoms with Crippen molar-refractivity contribution in [2.24, 2.45) is 0 Å². The van der Waals surface area contributed by atoms with Gasteiger partial charge in [0, 0.05) is 67.7 Å². The number of nitrogens with zero attached hydrogens (tertiary/aromatic N) is 5. The number of phenolic OH excluding ortho intramolecular Hbond substituents is 1. The summed E-state index contributed by atoms with van der Waals surface area (Å²) >= 11 is 0. The minimum absolute atomic E-state index is 0.0107. The van der Waals surface area contributed by atoms with Gasteiger partial charge in [-0.2, -0.15) is 10.2 Å². The van der Waals surface area contributed by atoms with Crippen molar-refractivity contribution in [3.63, 3.8) is 0 Å². The van der Waals surface area contributed by atoms with E-state index >= 15 is 4.39 Å². The Bertz CT molecular complexity index is 2050. The lowest BCUT2D eigenvalue weighted by molar-refractivity contribution is 0.0494. The molecule has 4 aliphatic rings. The van der Waals surface area contributed by atoms with E-state index in [0.29, 0.717) is 59.8 Å². The normalized spacial score (nSPS) is 24.2. The number of phenols is 1. The van der Waals surface area contributed by atoms with Gasteiger partial charge in [0.05, 0.1) is 17.2 Å². The molecule has 0 radical (unpaired) electrons. The number of piperazine rings is 1. The molecule has 1 aromatic heterocycles. The van der Waals surface area contributed by atoms with Crippen LogP contribution in [0.1, 0.15) is 56.6 Å². The first kappa shape index (κ1) is 33.5. The van der Waals surface area contributed by atoms with Crippen LogP contribution in [0, 0.1) is 17.1 Å². The monoisotopic (exact) mass is 692 g/mol. The van der Waals surface area contributed by atoms with E-state index in [1.807, 2.05) is 25.1 Å². The van der Waals surface area contributed by atoms with E-state index in [9.17, 15) is 15.2 Å². The van der Waals surface area contributed by atoms with E-state index < -0.39 is 5.82 Å². The highest BCUT2D eigenvalue weighted by atomic mass is 19.1. The molecule has 11 heteroatoms. The summed E-state index contributed by atoms with van der Waals surface area (Å²) in [5.74, 6) is 0.449. The zero-order valence-corrected chi connectivity index (χ0v) is 29.5. The molecule has 0 saturated carbocycles. The zero-order valence-electron chi connectivity index (χ0n) is 29.5. The van der Waals surface area contributed by atoms with Crippen molar-refractivity contribution in [2.75, 3.05) is 51.8 Å². The van der Waals surface area contributed by atoms with Crippen molar-refractivity contribution in [1.82, 2.24) is 20.1 Å². The highest BCUT2D eigenvalue weighted by Gasteiger charge is 2.50. The number of carbonyl (C=O) groups excluding carboxylic acids is 1. The average Bonchev–Trinajstić information content (AvgIpc) is 3.81. The number of aryl methyl sites for hydroxylation is 1. The number of aromatic nitrogens is 1. The molecule has 2 unspecified atom stereocenters. The van der Waals surface area contributed by atoms with E-state index in [-0.39, 0.29) is 34.6 Å². The van der Waals surface area contributed by atoms with Crippen LogP contribution in [0.4, 0.5) is 15.0 Å². The SMILES string of the molecule is CCc1cccc2cc(O)cc(-c3c(C#N)cc4c(N5CC6CCC(C5)N6)nc(OC[C@]56CCCN5[C@@H](COC(=O)N(C)C)CC6)cc4c3F)c12. The molecule has 8 rings (SSSR count). The molecule has 10 nitrogen and oxygen atoms in total. The number of ether oxygens (including phenoxy) is 2. The van der Waals surface area contributed by atoms with Gasteiger partial charge in [0.1, 0.15) is 30.6 Å². The van der Waals surface area contributed by atoms with Crippen molar-refractivity contribution in [3.8, 4) is 28.8 Å². The van der Waals surface area contributed by atoms with Crippen LogP contribution in [0.3, 0.4) is 0 Å². The molecule has 1 amide bonds. The summed E-state index contributed by atoms with van der Waals surface area (Å²) in [7, 11) is 3.37. The third-order valence-corrected chi connectivity index (χ3v) is 11.7. The molecule has 4 aromatic rings. The second kappa shape index (κ2) is 13.1. The summed E-state index contributed by atoms with van der Waals surface area (Å²) in [6.07, 6.45) is 6.30. The Morgan fingerprint density at radius 1 is 1.14 bits per heavy atom. The van der Waals surface area contributed by atoms with Crippen LogP contribution in [0.15, 0.2) is 42.5 Å².